The van der Waals surface area contributed by atoms with Crippen LogP contribution in [0.3, 0.4) is 0 Å². The van der Waals surface area contributed by atoms with Crippen molar-refractivity contribution in [2.24, 2.45) is 17.8 Å². The molecule has 1 amide bonds. The van der Waals surface area contributed by atoms with Gasteiger partial charge in [0.25, 0.3) is 5.91 Å². The van der Waals surface area contributed by atoms with Crippen molar-refractivity contribution in [3.8, 4) is 0 Å². The number of rotatable bonds is 3. The molecule has 1 aliphatic heterocycles. The number of nitrogens with zero attached hydrogens (tertiary/aromatic N) is 1. The number of aliphatic carboxylic acids is 1. The van der Waals surface area contributed by atoms with Gasteiger partial charge in [0.05, 0.1) is 5.92 Å². The lowest BCUT2D eigenvalue weighted by molar-refractivity contribution is -0.142. The summed E-state index contributed by atoms with van der Waals surface area (Å²) >= 11 is 4.75. The molecule has 6 heteroatoms. The van der Waals surface area contributed by atoms with Crippen LogP contribution >= 0.6 is 27.3 Å². The lowest BCUT2D eigenvalue weighted by Crippen LogP contribution is -2.29. The number of amides is 1. The van der Waals surface area contributed by atoms with E-state index in [2.05, 4.69) is 15.9 Å². The summed E-state index contributed by atoms with van der Waals surface area (Å²) < 4.78 is 0.796. The van der Waals surface area contributed by atoms with Crippen LogP contribution in [0.2, 0.25) is 0 Å². The lowest BCUT2D eigenvalue weighted by atomic mass is 9.92. The highest BCUT2D eigenvalue weighted by Gasteiger charge is 2.47. The first-order chi connectivity index (χ1) is 9.08. The third-order valence-electron chi connectivity index (χ3n) is 4.01. The van der Waals surface area contributed by atoms with Crippen molar-refractivity contribution in [2.75, 3.05) is 13.1 Å². The van der Waals surface area contributed by atoms with Crippen LogP contribution in [0, 0.1) is 17.8 Å². The quantitative estimate of drug-likeness (QED) is 0.917. The third-order valence-corrected chi connectivity index (χ3v) is 5.83. The molecule has 4 nitrogen and oxygen atoms in total. The smallest absolute Gasteiger partial charge is 0.308 e. The number of carboxylic acids is 1. The van der Waals surface area contributed by atoms with E-state index in [1.165, 1.54) is 11.3 Å². The minimum Gasteiger partial charge on any atom is -0.481 e. The monoisotopic (exact) mass is 343 g/mol. The minimum atomic E-state index is -0.766. The van der Waals surface area contributed by atoms with E-state index in [4.69, 9.17) is 0 Å². The van der Waals surface area contributed by atoms with Gasteiger partial charge in [0.15, 0.2) is 0 Å². The Kier molecular flexibility index (Phi) is 3.39. The number of thiophene rings is 1. The normalized spacial score (nSPS) is 26.7. The van der Waals surface area contributed by atoms with Gasteiger partial charge in [-0.2, -0.15) is 0 Å². The molecule has 0 spiro atoms. The Morgan fingerprint density at radius 1 is 1.37 bits per heavy atom. The maximum atomic E-state index is 12.4. The molecular weight excluding hydrogens is 330 g/mol. The maximum Gasteiger partial charge on any atom is 0.308 e. The van der Waals surface area contributed by atoms with Gasteiger partial charge in [-0.25, -0.2) is 0 Å². The van der Waals surface area contributed by atoms with E-state index in [1.54, 1.807) is 4.90 Å². The Balaban J connectivity index is 1.78. The molecule has 1 saturated heterocycles. The van der Waals surface area contributed by atoms with Gasteiger partial charge in [-0.05, 0) is 52.1 Å². The van der Waals surface area contributed by atoms with Crippen molar-refractivity contribution >= 4 is 39.1 Å². The highest BCUT2D eigenvalue weighted by Crippen LogP contribution is 2.44. The highest BCUT2D eigenvalue weighted by atomic mass is 79.9. The summed E-state index contributed by atoms with van der Waals surface area (Å²) in [5, 5.41) is 11.2. The number of carboxylic acid groups (broad SMARTS) is 1. The van der Waals surface area contributed by atoms with Gasteiger partial charge in [-0.15, -0.1) is 11.3 Å². The average molecular weight is 344 g/mol. The molecule has 1 aromatic rings. The maximum absolute atomic E-state index is 12.4. The number of halogens is 1. The fourth-order valence-electron chi connectivity index (χ4n) is 2.85. The lowest BCUT2D eigenvalue weighted by Gasteiger charge is -2.15. The Morgan fingerprint density at radius 2 is 2.11 bits per heavy atom. The zero-order valence-electron chi connectivity index (χ0n) is 10.2. The molecule has 2 fully saturated rings. The standard InChI is InChI=1S/C13H14BrNO3S/c14-10-3-4-19-11(10)12(16)15-5-8(7-1-2-7)9(6-15)13(17)18/h3-4,7-9H,1-2,5-6H2,(H,17,18)/t8-,9+/m1/s1. The number of carbonyl (C=O) groups is 2. The molecule has 0 radical (unpaired) electrons. The van der Waals surface area contributed by atoms with E-state index >= 15 is 0 Å². The fourth-order valence-corrected chi connectivity index (χ4v) is 4.36. The zero-order chi connectivity index (χ0) is 13.6. The van der Waals surface area contributed by atoms with Crippen LogP contribution in [-0.4, -0.2) is 35.0 Å². The molecule has 102 valence electrons. The highest BCUT2D eigenvalue weighted by molar-refractivity contribution is 9.10. The van der Waals surface area contributed by atoms with Crippen LogP contribution in [0.4, 0.5) is 0 Å². The molecule has 1 aromatic heterocycles. The SMILES string of the molecule is O=C(O)[C@H]1CN(C(=O)c2sccc2Br)C[C@@H]1C1CC1. The zero-order valence-corrected chi connectivity index (χ0v) is 12.6. The molecule has 0 aromatic carbocycles. The fraction of sp³-hybridized carbons (Fsp3) is 0.538. The Hall–Kier alpha value is -0.880. The molecule has 0 unspecified atom stereocenters. The van der Waals surface area contributed by atoms with E-state index in [9.17, 15) is 14.7 Å². The molecule has 3 rings (SSSR count). The van der Waals surface area contributed by atoms with Crippen LogP contribution in [0.1, 0.15) is 22.5 Å². The molecule has 1 N–H and O–H groups in total. The Morgan fingerprint density at radius 3 is 2.63 bits per heavy atom. The van der Waals surface area contributed by atoms with Gasteiger partial charge in [0, 0.05) is 17.6 Å². The third kappa shape index (κ3) is 2.43. The summed E-state index contributed by atoms with van der Waals surface area (Å²) in [5.41, 5.74) is 0. The van der Waals surface area contributed by atoms with Crippen LogP contribution in [-0.2, 0) is 4.79 Å². The molecule has 0 bridgehead atoms. The van der Waals surface area contributed by atoms with Crippen LogP contribution in [0.5, 0.6) is 0 Å². The van der Waals surface area contributed by atoms with Crippen molar-refractivity contribution < 1.29 is 14.7 Å². The predicted molar refractivity (Wildman–Crippen MR) is 75.3 cm³/mol. The van der Waals surface area contributed by atoms with Gasteiger partial charge in [0.2, 0.25) is 0 Å². The average Bonchev–Trinajstić information content (AvgIpc) is 2.97. The molecule has 1 saturated carbocycles. The summed E-state index contributed by atoms with van der Waals surface area (Å²) in [6.07, 6.45) is 2.22. The molecule has 2 heterocycles. The topological polar surface area (TPSA) is 57.6 Å². The van der Waals surface area contributed by atoms with Crippen LogP contribution in [0.15, 0.2) is 15.9 Å². The Bertz CT molecular complexity index is 526. The molecule has 19 heavy (non-hydrogen) atoms. The number of hydrogen-bond donors (Lipinski definition) is 1. The number of likely N-dealkylation sites (tertiary alicyclic amines) is 1. The van der Waals surface area contributed by atoms with Gasteiger partial charge in [-0.1, -0.05) is 0 Å². The van der Waals surface area contributed by atoms with Crippen LogP contribution < -0.4 is 0 Å². The van der Waals surface area contributed by atoms with Crippen molar-refractivity contribution in [3.63, 3.8) is 0 Å². The summed E-state index contributed by atoms with van der Waals surface area (Å²) in [5.74, 6) is -0.560. The molecule has 2 atom stereocenters. The molecule has 1 aliphatic carbocycles. The second-order valence-electron chi connectivity index (χ2n) is 5.25. The minimum absolute atomic E-state index is 0.0451. The van der Waals surface area contributed by atoms with Crippen molar-refractivity contribution in [1.29, 1.82) is 0 Å². The van der Waals surface area contributed by atoms with Gasteiger partial charge in [0.1, 0.15) is 4.88 Å². The summed E-state index contributed by atoms with van der Waals surface area (Å²) in [4.78, 5) is 26.1. The van der Waals surface area contributed by atoms with Gasteiger partial charge in [-0.3, -0.25) is 9.59 Å². The number of hydrogen-bond acceptors (Lipinski definition) is 3. The molecule has 2 aliphatic rings. The second kappa shape index (κ2) is 4.90. The van der Waals surface area contributed by atoms with Crippen molar-refractivity contribution in [2.45, 2.75) is 12.8 Å². The predicted octanol–water partition coefficient (Wildman–Crippen LogP) is 2.69. The first-order valence-corrected chi connectivity index (χ1v) is 8.00. The molecular formula is C13H14BrNO3S. The van der Waals surface area contributed by atoms with E-state index in [1.807, 2.05) is 11.4 Å². The first-order valence-electron chi connectivity index (χ1n) is 6.33. The van der Waals surface area contributed by atoms with Gasteiger partial charge < -0.3 is 10.0 Å². The van der Waals surface area contributed by atoms with E-state index in [-0.39, 0.29) is 11.8 Å². The van der Waals surface area contributed by atoms with E-state index < -0.39 is 11.9 Å². The van der Waals surface area contributed by atoms with Crippen molar-refractivity contribution in [1.82, 2.24) is 4.90 Å². The van der Waals surface area contributed by atoms with E-state index in [0.717, 1.165) is 17.3 Å². The van der Waals surface area contributed by atoms with Gasteiger partial charge >= 0.3 is 5.97 Å². The van der Waals surface area contributed by atoms with E-state index in [0.29, 0.717) is 23.9 Å². The summed E-state index contributed by atoms with van der Waals surface area (Å²) in [7, 11) is 0. The second-order valence-corrected chi connectivity index (χ2v) is 7.02. The largest absolute Gasteiger partial charge is 0.481 e. The first kappa shape index (κ1) is 13.1. The number of carbonyl (C=O) groups excluding carboxylic acids is 1. The Labute approximate surface area is 123 Å². The van der Waals surface area contributed by atoms with Crippen molar-refractivity contribution in [3.05, 3.63) is 20.8 Å². The summed E-state index contributed by atoms with van der Waals surface area (Å²) in [6.45, 7) is 0.935. The summed E-state index contributed by atoms with van der Waals surface area (Å²) in [6, 6.07) is 1.85. The van der Waals surface area contributed by atoms with Crippen LogP contribution in [0.25, 0.3) is 0 Å².